The van der Waals surface area contributed by atoms with E-state index in [2.05, 4.69) is 29.6 Å². The lowest BCUT2D eigenvalue weighted by Crippen LogP contribution is -2.28. The second kappa shape index (κ2) is 6.27. The number of fused-ring (bicyclic) bond motifs is 1. The van der Waals surface area contributed by atoms with Gasteiger partial charge in [-0.3, -0.25) is 0 Å². The van der Waals surface area contributed by atoms with Crippen molar-refractivity contribution in [3.8, 4) is 5.75 Å². The van der Waals surface area contributed by atoms with E-state index in [0.717, 1.165) is 31.5 Å². The lowest BCUT2D eigenvalue weighted by Gasteiger charge is -2.26. The SMILES string of the molecule is COc1cccc(CCC2CNCc3ccccc32)c1F. The molecule has 0 aliphatic carbocycles. The summed E-state index contributed by atoms with van der Waals surface area (Å²) in [5.41, 5.74) is 3.50. The maximum absolute atomic E-state index is 14.2. The Morgan fingerprint density at radius 1 is 1.19 bits per heavy atom. The van der Waals surface area contributed by atoms with Crippen LogP contribution in [-0.2, 0) is 13.0 Å². The van der Waals surface area contributed by atoms with E-state index >= 15 is 0 Å². The molecule has 2 aromatic rings. The van der Waals surface area contributed by atoms with Gasteiger partial charge in [-0.05, 0) is 41.5 Å². The molecular weight excluding hydrogens is 265 g/mol. The molecule has 21 heavy (non-hydrogen) atoms. The zero-order chi connectivity index (χ0) is 14.7. The number of rotatable bonds is 4. The van der Waals surface area contributed by atoms with Crippen molar-refractivity contribution < 1.29 is 9.13 Å². The predicted octanol–water partition coefficient (Wildman–Crippen LogP) is 3.65. The van der Waals surface area contributed by atoms with Crippen molar-refractivity contribution in [3.05, 3.63) is 65.0 Å². The average Bonchev–Trinajstić information content (AvgIpc) is 2.54. The van der Waals surface area contributed by atoms with E-state index < -0.39 is 0 Å². The highest BCUT2D eigenvalue weighted by Crippen LogP contribution is 2.29. The molecule has 1 heterocycles. The first kappa shape index (κ1) is 14.1. The lowest BCUT2D eigenvalue weighted by atomic mass is 9.86. The van der Waals surface area contributed by atoms with Gasteiger partial charge in [-0.15, -0.1) is 0 Å². The predicted molar refractivity (Wildman–Crippen MR) is 82.2 cm³/mol. The van der Waals surface area contributed by atoms with Crippen molar-refractivity contribution >= 4 is 0 Å². The summed E-state index contributed by atoms with van der Waals surface area (Å²) in [7, 11) is 1.50. The minimum atomic E-state index is -0.225. The summed E-state index contributed by atoms with van der Waals surface area (Å²) in [5, 5.41) is 3.45. The largest absolute Gasteiger partial charge is 0.494 e. The Labute approximate surface area is 125 Å². The fourth-order valence-corrected chi connectivity index (χ4v) is 3.08. The Morgan fingerprint density at radius 3 is 2.90 bits per heavy atom. The molecule has 1 unspecified atom stereocenters. The van der Waals surface area contributed by atoms with E-state index in [0.29, 0.717) is 11.7 Å². The van der Waals surface area contributed by atoms with Gasteiger partial charge in [0.2, 0.25) is 0 Å². The van der Waals surface area contributed by atoms with Gasteiger partial charge in [-0.1, -0.05) is 36.4 Å². The first-order chi connectivity index (χ1) is 10.3. The van der Waals surface area contributed by atoms with Crippen molar-refractivity contribution in [3.63, 3.8) is 0 Å². The number of halogens is 1. The topological polar surface area (TPSA) is 21.3 Å². The number of hydrogen-bond acceptors (Lipinski definition) is 2. The quantitative estimate of drug-likeness (QED) is 0.925. The number of aryl methyl sites for hydroxylation is 1. The Kier molecular flexibility index (Phi) is 4.20. The standard InChI is InChI=1S/C18H20FNO/c1-21-17-8-4-6-13(18(17)19)9-10-15-12-20-11-14-5-2-3-7-16(14)15/h2-8,15,20H,9-12H2,1H3. The molecule has 2 aromatic carbocycles. The van der Waals surface area contributed by atoms with E-state index in [1.807, 2.05) is 12.1 Å². The van der Waals surface area contributed by atoms with E-state index in [9.17, 15) is 4.39 Å². The minimum absolute atomic E-state index is 0.225. The van der Waals surface area contributed by atoms with Crippen LogP contribution in [0.5, 0.6) is 5.75 Å². The normalized spacial score (nSPS) is 17.3. The maximum Gasteiger partial charge on any atom is 0.168 e. The number of benzene rings is 2. The maximum atomic E-state index is 14.2. The highest BCUT2D eigenvalue weighted by atomic mass is 19.1. The van der Waals surface area contributed by atoms with Gasteiger partial charge in [0, 0.05) is 13.1 Å². The second-order valence-corrected chi connectivity index (χ2v) is 5.50. The van der Waals surface area contributed by atoms with E-state index in [4.69, 9.17) is 4.74 Å². The Morgan fingerprint density at radius 2 is 2.05 bits per heavy atom. The van der Waals surface area contributed by atoms with Gasteiger partial charge in [0.1, 0.15) is 0 Å². The summed E-state index contributed by atoms with van der Waals surface area (Å²) in [6, 6.07) is 13.9. The molecule has 3 heteroatoms. The van der Waals surface area contributed by atoms with Gasteiger partial charge in [-0.2, -0.15) is 0 Å². The molecule has 1 atom stereocenters. The summed E-state index contributed by atoms with van der Waals surface area (Å²) in [6.45, 7) is 1.89. The van der Waals surface area contributed by atoms with Gasteiger partial charge >= 0.3 is 0 Å². The summed E-state index contributed by atoms with van der Waals surface area (Å²) in [5.74, 6) is 0.548. The molecule has 2 nitrogen and oxygen atoms in total. The molecule has 0 fully saturated rings. The first-order valence-electron chi connectivity index (χ1n) is 7.39. The Balaban J connectivity index is 1.75. The second-order valence-electron chi connectivity index (χ2n) is 5.50. The molecule has 1 aliphatic heterocycles. The van der Waals surface area contributed by atoms with Crippen LogP contribution in [0.4, 0.5) is 4.39 Å². The van der Waals surface area contributed by atoms with Crippen LogP contribution in [0, 0.1) is 5.82 Å². The van der Waals surface area contributed by atoms with Crippen LogP contribution in [0.1, 0.15) is 29.0 Å². The zero-order valence-corrected chi connectivity index (χ0v) is 12.2. The van der Waals surface area contributed by atoms with Crippen LogP contribution in [0.3, 0.4) is 0 Å². The smallest absolute Gasteiger partial charge is 0.168 e. The van der Waals surface area contributed by atoms with Crippen LogP contribution in [0.2, 0.25) is 0 Å². The molecule has 1 N–H and O–H groups in total. The molecule has 3 rings (SSSR count). The third kappa shape index (κ3) is 2.93. The molecule has 0 aromatic heterocycles. The van der Waals surface area contributed by atoms with Gasteiger partial charge in [-0.25, -0.2) is 4.39 Å². The summed E-state index contributed by atoms with van der Waals surface area (Å²) >= 11 is 0. The molecule has 0 saturated heterocycles. The van der Waals surface area contributed by atoms with Crippen molar-refractivity contribution in [2.75, 3.05) is 13.7 Å². The zero-order valence-electron chi connectivity index (χ0n) is 12.2. The number of hydrogen-bond donors (Lipinski definition) is 1. The van der Waals surface area contributed by atoms with Crippen molar-refractivity contribution in [1.82, 2.24) is 5.32 Å². The van der Waals surface area contributed by atoms with Crippen LogP contribution < -0.4 is 10.1 Å². The van der Waals surface area contributed by atoms with Gasteiger partial charge in [0.25, 0.3) is 0 Å². The third-order valence-corrected chi connectivity index (χ3v) is 4.23. The molecule has 110 valence electrons. The Hall–Kier alpha value is -1.87. The first-order valence-corrected chi connectivity index (χ1v) is 7.39. The van der Waals surface area contributed by atoms with Gasteiger partial charge in [0.05, 0.1) is 7.11 Å². The van der Waals surface area contributed by atoms with Crippen LogP contribution in [-0.4, -0.2) is 13.7 Å². The molecule has 0 radical (unpaired) electrons. The lowest BCUT2D eigenvalue weighted by molar-refractivity contribution is 0.383. The van der Waals surface area contributed by atoms with Crippen molar-refractivity contribution in [2.24, 2.45) is 0 Å². The van der Waals surface area contributed by atoms with E-state index in [-0.39, 0.29) is 5.82 Å². The minimum Gasteiger partial charge on any atom is -0.494 e. The molecule has 1 aliphatic rings. The molecule has 0 saturated carbocycles. The number of nitrogens with one attached hydrogen (secondary N) is 1. The van der Waals surface area contributed by atoms with Gasteiger partial charge < -0.3 is 10.1 Å². The average molecular weight is 285 g/mol. The molecular formula is C18H20FNO. The number of ether oxygens (including phenoxy) is 1. The molecule has 0 bridgehead atoms. The molecule has 0 amide bonds. The third-order valence-electron chi connectivity index (χ3n) is 4.23. The van der Waals surface area contributed by atoms with E-state index in [1.54, 1.807) is 6.07 Å². The van der Waals surface area contributed by atoms with E-state index in [1.165, 1.54) is 18.2 Å². The van der Waals surface area contributed by atoms with Crippen LogP contribution >= 0.6 is 0 Å². The summed E-state index contributed by atoms with van der Waals surface area (Å²) in [4.78, 5) is 0. The number of methoxy groups -OCH3 is 1. The Bertz CT molecular complexity index is 626. The molecule has 0 spiro atoms. The van der Waals surface area contributed by atoms with Gasteiger partial charge in [0.15, 0.2) is 11.6 Å². The summed E-state index contributed by atoms with van der Waals surface area (Å²) in [6.07, 6.45) is 1.66. The fraction of sp³-hybridized carbons (Fsp3) is 0.333. The van der Waals surface area contributed by atoms with Crippen molar-refractivity contribution in [1.29, 1.82) is 0 Å². The highest BCUT2D eigenvalue weighted by Gasteiger charge is 2.20. The summed E-state index contributed by atoms with van der Waals surface area (Å²) < 4.78 is 19.2. The fourth-order valence-electron chi connectivity index (χ4n) is 3.08. The van der Waals surface area contributed by atoms with Crippen LogP contribution in [0.15, 0.2) is 42.5 Å². The van der Waals surface area contributed by atoms with Crippen LogP contribution in [0.25, 0.3) is 0 Å². The van der Waals surface area contributed by atoms with Crippen molar-refractivity contribution in [2.45, 2.75) is 25.3 Å². The highest BCUT2D eigenvalue weighted by molar-refractivity contribution is 5.34. The monoisotopic (exact) mass is 285 g/mol.